The molecule has 0 saturated carbocycles. The van der Waals surface area contributed by atoms with Crippen LogP contribution in [0.2, 0.25) is 0 Å². The highest BCUT2D eigenvalue weighted by Crippen LogP contribution is 2.30. The molecule has 0 aliphatic rings. The van der Waals surface area contributed by atoms with Crippen molar-refractivity contribution >= 4 is 5.97 Å². The van der Waals surface area contributed by atoms with Crippen LogP contribution in [0.15, 0.2) is 6.20 Å². The zero-order valence-electron chi connectivity index (χ0n) is 8.76. The molecule has 1 N–H and O–H groups in total. The summed E-state index contributed by atoms with van der Waals surface area (Å²) in [7, 11) is 0. The Kier molecular flexibility index (Phi) is 3.56. The predicted octanol–water partition coefficient (Wildman–Crippen LogP) is 2.24. The molecule has 90 valence electrons. The van der Waals surface area contributed by atoms with Crippen molar-refractivity contribution in [2.45, 2.75) is 20.0 Å². The molecule has 1 heterocycles. The number of rotatable bonds is 3. The van der Waals surface area contributed by atoms with Crippen LogP contribution in [-0.2, 0) is 10.9 Å². The first kappa shape index (κ1) is 12.5. The summed E-state index contributed by atoms with van der Waals surface area (Å²) < 4.78 is 41.8. The van der Waals surface area contributed by atoms with Crippen molar-refractivity contribution in [3.8, 4) is 0 Å². The molecule has 0 amide bonds. The molecule has 16 heavy (non-hydrogen) atoms. The number of ether oxygens (including phenoxy) is 1. The van der Waals surface area contributed by atoms with Gasteiger partial charge in [0.15, 0.2) is 5.69 Å². The summed E-state index contributed by atoms with van der Waals surface area (Å²) in [6.07, 6.45) is -3.83. The van der Waals surface area contributed by atoms with Crippen LogP contribution in [0.1, 0.15) is 29.9 Å². The number of nitrogens with zero attached hydrogens (tertiary/aromatic N) is 1. The van der Waals surface area contributed by atoms with E-state index >= 15 is 0 Å². The fourth-order valence-corrected chi connectivity index (χ4v) is 0.977. The van der Waals surface area contributed by atoms with Crippen LogP contribution in [0.25, 0.3) is 0 Å². The summed E-state index contributed by atoms with van der Waals surface area (Å²) in [6, 6.07) is 0. The molecule has 0 fully saturated rings. The lowest BCUT2D eigenvalue weighted by Crippen LogP contribution is -2.16. The lowest BCUT2D eigenvalue weighted by atomic mass is 10.2. The maximum Gasteiger partial charge on any atom is 0.433 e. The first-order valence-electron chi connectivity index (χ1n) is 4.60. The topological polar surface area (TPSA) is 55.0 Å². The standard InChI is InChI=1S/C9H11F3N2O2/c1-5(2)4-16-8(15)6-3-13-14-7(6)9(10,11)12/h3,5H,4H2,1-2H3,(H,13,14). The fraction of sp³-hybridized carbons (Fsp3) is 0.556. The lowest BCUT2D eigenvalue weighted by molar-refractivity contribution is -0.141. The van der Waals surface area contributed by atoms with E-state index in [9.17, 15) is 18.0 Å². The molecule has 1 rings (SSSR count). The number of hydrogen-bond donors (Lipinski definition) is 1. The summed E-state index contributed by atoms with van der Waals surface area (Å²) in [5, 5.41) is 4.93. The molecule has 7 heteroatoms. The van der Waals surface area contributed by atoms with Gasteiger partial charge in [-0.05, 0) is 5.92 Å². The number of aromatic amines is 1. The van der Waals surface area contributed by atoms with Crippen molar-refractivity contribution in [3.05, 3.63) is 17.5 Å². The van der Waals surface area contributed by atoms with E-state index in [1.807, 2.05) is 0 Å². The summed E-state index contributed by atoms with van der Waals surface area (Å²) in [5.41, 5.74) is -1.77. The van der Waals surface area contributed by atoms with E-state index in [0.717, 1.165) is 6.20 Å². The highest BCUT2D eigenvalue weighted by atomic mass is 19.4. The number of hydrogen-bond acceptors (Lipinski definition) is 3. The van der Waals surface area contributed by atoms with Gasteiger partial charge in [0.25, 0.3) is 0 Å². The summed E-state index contributed by atoms with van der Waals surface area (Å²) >= 11 is 0. The minimum atomic E-state index is -4.64. The second kappa shape index (κ2) is 4.54. The number of nitrogens with one attached hydrogen (secondary N) is 1. The molecule has 0 unspecified atom stereocenters. The van der Waals surface area contributed by atoms with Gasteiger partial charge in [0, 0.05) is 0 Å². The van der Waals surface area contributed by atoms with Gasteiger partial charge in [-0.3, -0.25) is 5.10 Å². The molecular formula is C9H11F3N2O2. The number of carbonyl (C=O) groups is 1. The van der Waals surface area contributed by atoms with Gasteiger partial charge in [-0.25, -0.2) is 4.79 Å². The molecule has 0 bridgehead atoms. The van der Waals surface area contributed by atoms with E-state index in [1.165, 1.54) is 0 Å². The van der Waals surface area contributed by atoms with E-state index in [-0.39, 0.29) is 12.5 Å². The van der Waals surface area contributed by atoms with Crippen LogP contribution in [0.3, 0.4) is 0 Å². The number of halogens is 3. The van der Waals surface area contributed by atoms with Crippen molar-refractivity contribution in [2.75, 3.05) is 6.61 Å². The van der Waals surface area contributed by atoms with Gasteiger partial charge >= 0.3 is 12.1 Å². The van der Waals surface area contributed by atoms with Gasteiger partial charge in [0.2, 0.25) is 0 Å². The molecule has 0 radical (unpaired) electrons. The van der Waals surface area contributed by atoms with Crippen LogP contribution < -0.4 is 0 Å². The van der Waals surface area contributed by atoms with E-state index in [1.54, 1.807) is 18.9 Å². The van der Waals surface area contributed by atoms with Gasteiger partial charge in [0.1, 0.15) is 5.56 Å². The number of alkyl halides is 3. The highest BCUT2D eigenvalue weighted by molar-refractivity contribution is 5.90. The molecule has 0 aromatic carbocycles. The van der Waals surface area contributed by atoms with E-state index in [4.69, 9.17) is 0 Å². The van der Waals surface area contributed by atoms with Crippen molar-refractivity contribution in [2.24, 2.45) is 5.92 Å². The number of H-pyrrole nitrogens is 1. The molecule has 1 aromatic rings. The molecule has 0 spiro atoms. The maximum absolute atomic E-state index is 12.4. The van der Waals surface area contributed by atoms with Gasteiger partial charge in [-0.2, -0.15) is 18.3 Å². The SMILES string of the molecule is CC(C)COC(=O)c1cn[nH]c1C(F)(F)F. The van der Waals surface area contributed by atoms with Crippen LogP contribution in [-0.4, -0.2) is 22.8 Å². The Hall–Kier alpha value is -1.53. The number of carbonyl (C=O) groups excluding carboxylic acids is 1. The Balaban J connectivity index is 2.81. The Morgan fingerprint density at radius 1 is 1.56 bits per heavy atom. The third-order valence-corrected chi connectivity index (χ3v) is 1.69. The number of esters is 1. The minimum absolute atomic E-state index is 0.0604. The molecule has 0 aliphatic carbocycles. The minimum Gasteiger partial charge on any atom is -0.462 e. The fourth-order valence-electron chi connectivity index (χ4n) is 0.977. The van der Waals surface area contributed by atoms with Crippen LogP contribution in [0.5, 0.6) is 0 Å². The molecule has 0 saturated heterocycles. The monoisotopic (exact) mass is 236 g/mol. The average Bonchev–Trinajstić information content (AvgIpc) is 2.61. The van der Waals surface area contributed by atoms with Crippen molar-refractivity contribution in [3.63, 3.8) is 0 Å². The van der Waals surface area contributed by atoms with Gasteiger partial charge in [0.05, 0.1) is 12.8 Å². The summed E-state index contributed by atoms with van der Waals surface area (Å²) in [5.74, 6) is -0.958. The smallest absolute Gasteiger partial charge is 0.433 e. The first-order chi connectivity index (χ1) is 7.32. The van der Waals surface area contributed by atoms with E-state index < -0.39 is 23.4 Å². The third kappa shape index (κ3) is 2.98. The lowest BCUT2D eigenvalue weighted by Gasteiger charge is -2.08. The molecule has 0 aliphatic heterocycles. The molecule has 4 nitrogen and oxygen atoms in total. The Labute approximate surface area is 89.8 Å². The average molecular weight is 236 g/mol. The van der Waals surface area contributed by atoms with Gasteiger partial charge in [-0.15, -0.1) is 0 Å². The maximum atomic E-state index is 12.4. The Morgan fingerprint density at radius 3 is 2.69 bits per heavy atom. The van der Waals surface area contributed by atoms with E-state index in [2.05, 4.69) is 9.84 Å². The van der Waals surface area contributed by atoms with Crippen molar-refractivity contribution < 1.29 is 22.7 Å². The quantitative estimate of drug-likeness (QED) is 0.819. The molecular weight excluding hydrogens is 225 g/mol. The highest BCUT2D eigenvalue weighted by Gasteiger charge is 2.38. The van der Waals surface area contributed by atoms with Crippen LogP contribution in [0.4, 0.5) is 13.2 Å². The third-order valence-electron chi connectivity index (χ3n) is 1.69. The largest absolute Gasteiger partial charge is 0.462 e. The number of aromatic nitrogens is 2. The second-order valence-electron chi connectivity index (χ2n) is 3.65. The second-order valence-corrected chi connectivity index (χ2v) is 3.65. The molecule has 0 atom stereocenters. The van der Waals surface area contributed by atoms with Crippen molar-refractivity contribution in [1.29, 1.82) is 0 Å². The van der Waals surface area contributed by atoms with Crippen molar-refractivity contribution in [1.82, 2.24) is 10.2 Å². The normalized spacial score (nSPS) is 11.9. The van der Waals surface area contributed by atoms with Gasteiger partial charge in [-0.1, -0.05) is 13.8 Å². The Bertz CT molecular complexity index is 371. The predicted molar refractivity (Wildman–Crippen MR) is 48.7 cm³/mol. The van der Waals surface area contributed by atoms with Crippen LogP contribution in [0, 0.1) is 5.92 Å². The Morgan fingerprint density at radius 2 is 2.19 bits per heavy atom. The zero-order valence-corrected chi connectivity index (χ0v) is 8.76. The van der Waals surface area contributed by atoms with E-state index in [0.29, 0.717) is 0 Å². The van der Waals surface area contributed by atoms with Gasteiger partial charge < -0.3 is 4.74 Å². The summed E-state index contributed by atoms with van der Waals surface area (Å²) in [4.78, 5) is 11.3. The summed E-state index contributed by atoms with van der Waals surface area (Å²) in [6.45, 7) is 3.64. The van der Waals surface area contributed by atoms with Crippen LogP contribution >= 0.6 is 0 Å². The molecule has 1 aromatic heterocycles. The first-order valence-corrected chi connectivity index (χ1v) is 4.60. The zero-order chi connectivity index (χ0) is 12.3.